The van der Waals surface area contributed by atoms with E-state index in [0.29, 0.717) is 5.54 Å². The van der Waals surface area contributed by atoms with E-state index in [9.17, 15) is 0 Å². The number of nitrogens with zero attached hydrogens (tertiary/aromatic N) is 2. The van der Waals surface area contributed by atoms with E-state index in [1.165, 1.54) is 43.8 Å². The third kappa shape index (κ3) is 2.46. The Labute approximate surface area is 119 Å². The van der Waals surface area contributed by atoms with Crippen LogP contribution in [0.15, 0.2) is 11.6 Å². The summed E-state index contributed by atoms with van der Waals surface area (Å²) in [6.45, 7) is 5.88. The fourth-order valence-corrected chi connectivity index (χ4v) is 4.32. The molecular weight excluding hydrogens is 254 g/mol. The largest absolute Gasteiger partial charge is 0.308 e. The highest BCUT2D eigenvalue weighted by Crippen LogP contribution is 2.44. The average molecular weight is 277 g/mol. The SMILES string of the molecule is CC1(C2CC2)CN(Cc2nccs2)C(C2CC2)CN1. The van der Waals surface area contributed by atoms with Crippen LogP contribution in [0.1, 0.15) is 37.6 Å². The summed E-state index contributed by atoms with van der Waals surface area (Å²) in [5.41, 5.74) is 0.350. The maximum atomic E-state index is 4.49. The van der Waals surface area contributed by atoms with Crippen LogP contribution < -0.4 is 5.32 Å². The topological polar surface area (TPSA) is 28.2 Å². The first-order chi connectivity index (χ1) is 9.24. The van der Waals surface area contributed by atoms with Crippen molar-refractivity contribution in [2.24, 2.45) is 11.8 Å². The van der Waals surface area contributed by atoms with Gasteiger partial charge in [-0.2, -0.15) is 0 Å². The number of thiazole rings is 1. The van der Waals surface area contributed by atoms with Crippen molar-refractivity contribution in [1.29, 1.82) is 0 Å². The Balaban J connectivity index is 1.51. The molecule has 1 aromatic heterocycles. The average Bonchev–Trinajstić information content (AvgIpc) is 3.29. The number of aromatic nitrogens is 1. The van der Waals surface area contributed by atoms with Crippen molar-refractivity contribution in [1.82, 2.24) is 15.2 Å². The smallest absolute Gasteiger partial charge is 0.107 e. The third-order valence-corrected chi connectivity index (χ3v) is 5.95. The first kappa shape index (κ1) is 12.3. The molecule has 0 amide bonds. The molecule has 4 rings (SSSR count). The van der Waals surface area contributed by atoms with Gasteiger partial charge in [-0.1, -0.05) is 0 Å². The van der Waals surface area contributed by atoms with Crippen LogP contribution in [-0.4, -0.2) is 34.6 Å². The second kappa shape index (κ2) is 4.54. The summed E-state index contributed by atoms with van der Waals surface area (Å²) in [6.07, 6.45) is 7.64. The van der Waals surface area contributed by atoms with Gasteiger partial charge in [-0.25, -0.2) is 4.98 Å². The molecule has 0 radical (unpaired) electrons. The van der Waals surface area contributed by atoms with Gasteiger partial charge >= 0.3 is 0 Å². The molecule has 19 heavy (non-hydrogen) atoms. The Morgan fingerprint density at radius 2 is 2.26 bits per heavy atom. The molecule has 1 aromatic rings. The lowest BCUT2D eigenvalue weighted by molar-refractivity contribution is 0.0578. The van der Waals surface area contributed by atoms with Gasteiger partial charge in [0.1, 0.15) is 5.01 Å². The predicted octanol–water partition coefficient (Wildman–Crippen LogP) is 2.50. The minimum absolute atomic E-state index is 0.350. The number of hydrogen-bond donors (Lipinski definition) is 1. The summed E-state index contributed by atoms with van der Waals surface area (Å²) in [6, 6.07) is 0.746. The molecular formula is C15H23N3S. The maximum absolute atomic E-state index is 4.49. The van der Waals surface area contributed by atoms with Gasteiger partial charge in [0.25, 0.3) is 0 Å². The fraction of sp³-hybridized carbons (Fsp3) is 0.800. The van der Waals surface area contributed by atoms with Crippen LogP contribution in [0.25, 0.3) is 0 Å². The number of piperazine rings is 1. The summed E-state index contributed by atoms with van der Waals surface area (Å²) in [4.78, 5) is 7.22. The zero-order valence-electron chi connectivity index (χ0n) is 11.6. The molecule has 1 N–H and O–H groups in total. The van der Waals surface area contributed by atoms with E-state index < -0.39 is 0 Å². The zero-order valence-corrected chi connectivity index (χ0v) is 12.5. The van der Waals surface area contributed by atoms with Gasteiger partial charge in [-0.15, -0.1) is 11.3 Å². The second-order valence-electron chi connectivity index (χ2n) is 6.81. The van der Waals surface area contributed by atoms with E-state index in [1.807, 2.05) is 6.20 Å². The number of rotatable bonds is 4. The highest BCUT2D eigenvalue weighted by Gasteiger charge is 2.48. The molecule has 1 aliphatic heterocycles. The molecule has 0 aromatic carbocycles. The Hall–Kier alpha value is -0.450. The number of nitrogens with one attached hydrogen (secondary N) is 1. The summed E-state index contributed by atoms with van der Waals surface area (Å²) in [5.74, 6) is 1.85. The maximum Gasteiger partial charge on any atom is 0.107 e. The molecule has 3 nitrogen and oxygen atoms in total. The molecule has 0 bridgehead atoms. The normalized spacial score (nSPS) is 36.6. The molecule has 4 heteroatoms. The Morgan fingerprint density at radius 1 is 1.42 bits per heavy atom. The quantitative estimate of drug-likeness (QED) is 0.916. The summed E-state index contributed by atoms with van der Waals surface area (Å²) >= 11 is 1.80. The van der Waals surface area contributed by atoms with Crippen LogP contribution in [0.5, 0.6) is 0 Å². The Bertz CT molecular complexity index is 438. The molecule has 2 aliphatic carbocycles. The number of hydrogen-bond acceptors (Lipinski definition) is 4. The molecule has 0 spiro atoms. The summed E-state index contributed by atoms with van der Waals surface area (Å²) in [7, 11) is 0. The van der Waals surface area contributed by atoms with Crippen LogP contribution in [0.3, 0.4) is 0 Å². The van der Waals surface area contributed by atoms with Crippen LogP contribution in [0, 0.1) is 11.8 Å². The second-order valence-corrected chi connectivity index (χ2v) is 7.79. The van der Waals surface area contributed by atoms with Crippen molar-refractivity contribution in [2.75, 3.05) is 13.1 Å². The summed E-state index contributed by atoms with van der Waals surface area (Å²) < 4.78 is 0. The molecule has 2 saturated carbocycles. The molecule has 3 fully saturated rings. The van der Waals surface area contributed by atoms with Crippen molar-refractivity contribution in [2.45, 2.75) is 50.7 Å². The van der Waals surface area contributed by atoms with E-state index >= 15 is 0 Å². The standard InChI is InChI=1S/C15H23N3S/c1-15(12-4-5-12)10-18(9-14-16-6-7-19-14)13(8-17-15)11-2-3-11/h6-7,11-13,17H,2-5,8-10H2,1H3. The first-order valence-electron chi connectivity index (χ1n) is 7.62. The Morgan fingerprint density at radius 3 is 2.89 bits per heavy atom. The van der Waals surface area contributed by atoms with E-state index in [1.54, 1.807) is 11.3 Å². The molecule has 2 unspecified atom stereocenters. The van der Waals surface area contributed by atoms with Crippen molar-refractivity contribution in [3.63, 3.8) is 0 Å². The van der Waals surface area contributed by atoms with Gasteiger partial charge in [-0.05, 0) is 44.4 Å². The lowest BCUT2D eigenvalue weighted by atomic mass is 9.90. The van der Waals surface area contributed by atoms with Crippen molar-refractivity contribution in [3.8, 4) is 0 Å². The van der Waals surface area contributed by atoms with Gasteiger partial charge in [-0.3, -0.25) is 4.90 Å². The van der Waals surface area contributed by atoms with Gasteiger partial charge in [0.05, 0.1) is 6.54 Å². The van der Waals surface area contributed by atoms with Gasteiger partial charge in [0.2, 0.25) is 0 Å². The van der Waals surface area contributed by atoms with E-state index in [-0.39, 0.29) is 0 Å². The minimum atomic E-state index is 0.350. The van der Waals surface area contributed by atoms with Gasteiger partial charge in [0, 0.05) is 36.2 Å². The monoisotopic (exact) mass is 277 g/mol. The lowest BCUT2D eigenvalue weighted by Gasteiger charge is -2.46. The van der Waals surface area contributed by atoms with Gasteiger partial charge < -0.3 is 5.32 Å². The highest BCUT2D eigenvalue weighted by molar-refractivity contribution is 7.09. The molecule has 2 heterocycles. The molecule has 3 aliphatic rings. The van der Waals surface area contributed by atoms with Crippen LogP contribution in [0.4, 0.5) is 0 Å². The third-order valence-electron chi connectivity index (χ3n) is 5.18. The van der Waals surface area contributed by atoms with Crippen LogP contribution in [0.2, 0.25) is 0 Å². The van der Waals surface area contributed by atoms with Crippen molar-refractivity contribution < 1.29 is 0 Å². The van der Waals surface area contributed by atoms with Crippen molar-refractivity contribution >= 4 is 11.3 Å². The van der Waals surface area contributed by atoms with Gasteiger partial charge in [0.15, 0.2) is 0 Å². The predicted molar refractivity (Wildman–Crippen MR) is 78.2 cm³/mol. The van der Waals surface area contributed by atoms with Crippen molar-refractivity contribution in [3.05, 3.63) is 16.6 Å². The molecule has 1 saturated heterocycles. The summed E-state index contributed by atoms with van der Waals surface area (Å²) in [5, 5.41) is 7.26. The fourth-order valence-electron chi connectivity index (χ4n) is 3.68. The van der Waals surface area contributed by atoms with E-state index in [0.717, 1.165) is 24.4 Å². The highest BCUT2D eigenvalue weighted by atomic mass is 32.1. The zero-order chi connectivity index (χ0) is 12.9. The Kier molecular flexibility index (Phi) is 2.94. The van der Waals surface area contributed by atoms with E-state index in [2.05, 4.69) is 27.5 Å². The molecule has 104 valence electrons. The van der Waals surface area contributed by atoms with Crippen LogP contribution in [-0.2, 0) is 6.54 Å². The first-order valence-corrected chi connectivity index (χ1v) is 8.50. The molecule has 2 atom stereocenters. The van der Waals surface area contributed by atoms with Crippen LogP contribution >= 0.6 is 11.3 Å². The minimum Gasteiger partial charge on any atom is -0.308 e. The van der Waals surface area contributed by atoms with E-state index in [4.69, 9.17) is 0 Å². The lowest BCUT2D eigenvalue weighted by Crippen LogP contribution is -2.64.